The highest BCUT2D eigenvalue weighted by Crippen LogP contribution is 2.29. The number of methoxy groups -OCH3 is 1. The molecule has 8 heteroatoms. The van der Waals surface area contributed by atoms with Crippen molar-refractivity contribution >= 4 is 16.3 Å². The summed E-state index contributed by atoms with van der Waals surface area (Å²) in [5.74, 6) is 1.53. The maximum absolute atomic E-state index is 5.19. The monoisotopic (exact) mass is 326 g/mol. The van der Waals surface area contributed by atoms with Gasteiger partial charge in [-0.15, -0.1) is 10.2 Å². The number of ether oxygens (including phenoxy) is 1. The zero-order valence-electron chi connectivity index (χ0n) is 12.9. The molecule has 4 aromatic rings. The Morgan fingerprint density at radius 1 is 1.13 bits per heavy atom. The molecule has 4 rings (SSSR count). The summed E-state index contributed by atoms with van der Waals surface area (Å²) in [7, 11) is 3.56. The van der Waals surface area contributed by atoms with Crippen molar-refractivity contribution in [1.82, 2.24) is 29.6 Å². The molecule has 3 heterocycles. The Hall–Kier alpha value is -2.74. The molecule has 7 nitrogen and oxygen atoms in total. The molecule has 0 amide bonds. The average Bonchev–Trinajstić information content (AvgIpc) is 3.24. The van der Waals surface area contributed by atoms with E-state index in [4.69, 9.17) is 4.74 Å². The van der Waals surface area contributed by atoms with Crippen LogP contribution in [0.5, 0.6) is 5.75 Å². The van der Waals surface area contributed by atoms with E-state index in [9.17, 15) is 0 Å². The van der Waals surface area contributed by atoms with Crippen LogP contribution >= 0.6 is 11.3 Å². The first-order valence-corrected chi connectivity index (χ1v) is 7.84. The molecule has 0 aliphatic rings. The van der Waals surface area contributed by atoms with Gasteiger partial charge in [-0.25, -0.2) is 0 Å². The first kappa shape index (κ1) is 13.9. The second-order valence-corrected chi connectivity index (χ2v) is 6.08. The summed E-state index contributed by atoms with van der Waals surface area (Å²) in [6.07, 6.45) is 1.79. The van der Waals surface area contributed by atoms with Crippen LogP contribution < -0.4 is 4.74 Å². The van der Waals surface area contributed by atoms with Crippen molar-refractivity contribution in [2.75, 3.05) is 7.11 Å². The van der Waals surface area contributed by atoms with Crippen molar-refractivity contribution in [2.45, 2.75) is 6.92 Å². The summed E-state index contributed by atoms with van der Waals surface area (Å²) < 4.78 is 8.77. The van der Waals surface area contributed by atoms with Gasteiger partial charge in [0.1, 0.15) is 10.8 Å². The van der Waals surface area contributed by atoms with Crippen LogP contribution in [-0.2, 0) is 7.05 Å². The first-order valence-electron chi connectivity index (χ1n) is 7.03. The molecule has 0 aliphatic carbocycles. The SMILES string of the molecule is COc1ccc(-c2nn3c(-c4cnn(C)c4C)nnc3s2)cc1. The third-order valence-corrected chi connectivity index (χ3v) is 4.75. The molecule has 0 saturated carbocycles. The maximum atomic E-state index is 5.19. The third-order valence-electron chi connectivity index (χ3n) is 3.80. The van der Waals surface area contributed by atoms with Crippen LogP contribution in [0, 0.1) is 6.92 Å². The number of rotatable bonds is 3. The Bertz CT molecular complexity index is 981. The fourth-order valence-electron chi connectivity index (χ4n) is 2.35. The largest absolute Gasteiger partial charge is 0.497 e. The van der Waals surface area contributed by atoms with Crippen LogP contribution in [0.2, 0.25) is 0 Å². The van der Waals surface area contributed by atoms with E-state index in [0.29, 0.717) is 5.82 Å². The minimum absolute atomic E-state index is 0.710. The van der Waals surface area contributed by atoms with E-state index < -0.39 is 0 Å². The Kier molecular flexibility index (Phi) is 3.12. The maximum Gasteiger partial charge on any atom is 0.235 e. The molecule has 0 radical (unpaired) electrons. The Morgan fingerprint density at radius 3 is 2.57 bits per heavy atom. The van der Waals surface area contributed by atoms with E-state index in [-0.39, 0.29) is 0 Å². The van der Waals surface area contributed by atoms with Gasteiger partial charge in [-0.3, -0.25) is 4.68 Å². The minimum Gasteiger partial charge on any atom is -0.497 e. The Morgan fingerprint density at radius 2 is 1.91 bits per heavy atom. The standard InChI is InChI=1S/C15H14N6OS/c1-9-12(8-16-20(9)2)13-17-18-15-21(13)19-14(23-15)10-4-6-11(22-3)7-5-10/h4-8H,1-3H3. The van der Waals surface area contributed by atoms with Crippen LogP contribution in [0.3, 0.4) is 0 Å². The van der Waals surface area contributed by atoms with Crippen molar-refractivity contribution in [3.05, 3.63) is 36.2 Å². The number of fused-ring (bicyclic) bond motifs is 1. The lowest BCUT2D eigenvalue weighted by atomic mass is 10.2. The van der Waals surface area contributed by atoms with Crippen molar-refractivity contribution in [2.24, 2.45) is 7.05 Å². The minimum atomic E-state index is 0.710. The molecular weight excluding hydrogens is 312 g/mol. The highest BCUT2D eigenvalue weighted by Gasteiger charge is 2.17. The predicted molar refractivity (Wildman–Crippen MR) is 87.6 cm³/mol. The summed E-state index contributed by atoms with van der Waals surface area (Å²) in [5.41, 5.74) is 2.99. The molecule has 1 aromatic carbocycles. The molecule has 0 aliphatic heterocycles. The van der Waals surface area contributed by atoms with Gasteiger partial charge >= 0.3 is 0 Å². The Balaban J connectivity index is 1.81. The fourth-order valence-corrected chi connectivity index (χ4v) is 3.20. The number of hydrogen-bond donors (Lipinski definition) is 0. The van der Waals surface area contributed by atoms with E-state index in [1.165, 1.54) is 11.3 Å². The second kappa shape index (κ2) is 5.17. The number of hydrogen-bond acceptors (Lipinski definition) is 6. The van der Waals surface area contributed by atoms with E-state index in [1.807, 2.05) is 42.9 Å². The van der Waals surface area contributed by atoms with Gasteiger partial charge in [-0.2, -0.15) is 14.7 Å². The van der Waals surface area contributed by atoms with Gasteiger partial charge in [0, 0.05) is 18.3 Å². The lowest BCUT2D eigenvalue weighted by molar-refractivity contribution is 0.415. The van der Waals surface area contributed by atoms with Gasteiger partial charge in [-0.05, 0) is 31.2 Å². The van der Waals surface area contributed by atoms with Crippen molar-refractivity contribution in [3.63, 3.8) is 0 Å². The van der Waals surface area contributed by atoms with E-state index in [2.05, 4.69) is 20.4 Å². The first-order chi connectivity index (χ1) is 11.2. The molecule has 0 spiro atoms. The lowest BCUT2D eigenvalue weighted by Crippen LogP contribution is -1.95. The van der Waals surface area contributed by atoms with E-state index in [0.717, 1.165) is 32.5 Å². The highest BCUT2D eigenvalue weighted by atomic mass is 32.1. The molecule has 23 heavy (non-hydrogen) atoms. The summed E-state index contributed by atoms with van der Waals surface area (Å²) in [4.78, 5) is 0.758. The quantitative estimate of drug-likeness (QED) is 0.579. The highest BCUT2D eigenvalue weighted by molar-refractivity contribution is 7.19. The second-order valence-electron chi connectivity index (χ2n) is 5.12. The van der Waals surface area contributed by atoms with Gasteiger partial charge in [0.05, 0.1) is 18.9 Å². The summed E-state index contributed by atoms with van der Waals surface area (Å²) in [6, 6.07) is 7.81. The molecule has 3 aromatic heterocycles. The number of aromatic nitrogens is 6. The van der Waals surface area contributed by atoms with Gasteiger partial charge in [0.15, 0.2) is 5.82 Å². The molecule has 116 valence electrons. The Labute approximate surface area is 136 Å². The molecule has 0 unspecified atom stereocenters. The van der Waals surface area contributed by atoms with Gasteiger partial charge < -0.3 is 4.74 Å². The van der Waals surface area contributed by atoms with Crippen molar-refractivity contribution < 1.29 is 4.74 Å². The zero-order valence-corrected chi connectivity index (χ0v) is 13.7. The van der Waals surface area contributed by atoms with Gasteiger partial charge in [0.25, 0.3) is 0 Å². The number of nitrogens with zero attached hydrogens (tertiary/aromatic N) is 6. The van der Waals surface area contributed by atoms with Crippen molar-refractivity contribution in [3.8, 4) is 27.7 Å². The summed E-state index contributed by atoms with van der Waals surface area (Å²) in [6.45, 7) is 2.00. The fraction of sp³-hybridized carbons (Fsp3) is 0.200. The predicted octanol–water partition coefficient (Wildman–Crippen LogP) is 2.57. The van der Waals surface area contributed by atoms with Crippen molar-refractivity contribution in [1.29, 1.82) is 0 Å². The zero-order chi connectivity index (χ0) is 16.0. The van der Waals surface area contributed by atoms with E-state index in [1.54, 1.807) is 17.8 Å². The van der Waals surface area contributed by atoms with Crippen LogP contribution in [0.15, 0.2) is 30.5 Å². The summed E-state index contributed by atoms with van der Waals surface area (Å²) >= 11 is 1.50. The van der Waals surface area contributed by atoms with Crippen LogP contribution in [0.25, 0.3) is 26.9 Å². The van der Waals surface area contributed by atoms with Crippen LogP contribution in [-0.4, -0.2) is 36.7 Å². The third kappa shape index (κ3) is 2.18. The molecule has 0 N–H and O–H groups in total. The number of aryl methyl sites for hydroxylation is 1. The van der Waals surface area contributed by atoms with E-state index >= 15 is 0 Å². The molecular formula is C15H14N6OS. The van der Waals surface area contributed by atoms with Crippen LogP contribution in [0.4, 0.5) is 0 Å². The van der Waals surface area contributed by atoms with Crippen LogP contribution in [0.1, 0.15) is 5.69 Å². The summed E-state index contributed by atoms with van der Waals surface area (Å²) in [5, 5.41) is 18.3. The number of benzene rings is 1. The van der Waals surface area contributed by atoms with Gasteiger partial charge in [-0.1, -0.05) is 11.3 Å². The molecule has 0 saturated heterocycles. The normalized spacial score (nSPS) is 11.3. The molecule has 0 fully saturated rings. The average molecular weight is 326 g/mol. The smallest absolute Gasteiger partial charge is 0.235 e. The lowest BCUT2D eigenvalue weighted by Gasteiger charge is -2.00. The molecule has 0 atom stereocenters. The van der Waals surface area contributed by atoms with Gasteiger partial charge in [0.2, 0.25) is 4.96 Å². The topological polar surface area (TPSA) is 70.1 Å². The molecule has 0 bridgehead atoms.